The molecule has 2 aromatic rings. The molecule has 1 aromatic carbocycles. The fraction of sp³-hybridized carbons (Fsp3) is 0.417. The lowest BCUT2D eigenvalue weighted by atomic mass is 10.1. The number of hydrogen-bond donors (Lipinski definition) is 1. The fourth-order valence-electron chi connectivity index (χ4n) is 2.42. The Morgan fingerprint density at radius 1 is 1.33 bits per heavy atom. The maximum absolute atomic E-state index is 12.9. The largest absolute Gasteiger partial charge is 0.418 e. The van der Waals surface area contributed by atoms with E-state index in [1.807, 2.05) is 0 Å². The summed E-state index contributed by atoms with van der Waals surface area (Å²) in [6.45, 7) is 0.508. The second-order valence-electron chi connectivity index (χ2n) is 4.50. The molecule has 2 heterocycles. The summed E-state index contributed by atoms with van der Waals surface area (Å²) in [5.41, 5.74) is -0.239. The van der Waals surface area contributed by atoms with Gasteiger partial charge in [0.1, 0.15) is 11.3 Å². The van der Waals surface area contributed by atoms with Crippen molar-refractivity contribution in [2.75, 3.05) is 0 Å². The van der Waals surface area contributed by atoms with Crippen molar-refractivity contribution in [2.45, 2.75) is 31.7 Å². The molecule has 0 fully saturated rings. The van der Waals surface area contributed by atoms with E-state index in [-0.39, 0.29) is 5.52 Å². The summed E-state index contributed by atoms with van der Waals surface area (Å²) < 4.78 is 40.3. The molecule has 0 saturated carbocycles. The van der Waals surface area contributed by atoms with E-state index >= 15 is 0 Å². The third-order valence-corrected chi connectivity index (χ3v) is 3.27. The van der Waals surface area contributed by atoms with Crippen LogP contribution in [0.25, 0.3) is 11.0 Å². The quantitative estimate of drug-likeness (QED) is 0.785. The Morgan fingerprint density at radius 3 is 2.83 bits per heavy atom. The van der Waals surface area contributed by atoms with Crippen LogP contribution < -0.4 is 0 Å². The second kappa shape index (κ2) is 3.71. The molecule has 0 bridgehead atoms. The summed E-state index contributed by atoms with van der Waals surface area (Å²) in [4.78, 5) is 4.05. The summed E-state index contributed by atoms with van der Waals surface area (Å²) >= 11 is 0. The number of aryl methyl sites for hydroxylation is 1. The van der Waals surface area contributed by atoms with Crippen molar-refractivity contribution in [3.05, 3.63) is 29.6 Å². The molecule has 0 radical (unpaired) electrons. The number of imidazole rings is 1. The maximum atomic E-state index is 12.9. The number of fused-ring (bicyclic) bond motifs is 3. The topological polar surface area (TPSA) is 38.0 Å². The number of rotatable bonds is 0. The summed E-state index contributed by atoms with van der Waals surface area (Å²) in [6, 6.07) is 4.07. The molecule has 0 aliphatic carbocycles. The van der Waals surface area contributed by atoms with E-state index in [0.29, 0.717) is 30.7 Å². The van der Waals surface area contributed by atoms with E-state index in [2.05, 4.69) is 4.98 Å². The molecule has 0 spiro atoms. The lowest BCUT2D eigenvalue weighted by Gasteiger charge is -2.19. The summed E-state index contributed by atoms with van der Waals surface area (Å²) in [6.07, 6.45) is -4.05. The van der Waals surface area contributed by atoms with Crippen molar-refractivity contribution in [1.29, 1.82) is 0 Å². The van der Waals surface area contributed by atoms with Gasteiger partial charge in [0.2, 0.25) is 0 Å². The summed E-state index contributed by atoms with van der Waals surface area (Å²) in [5, 5.41) is 9.53. The first-order valence-corrected chi connectivity index (χ1v) is 5.70. The van der Waals surface area contributed by atoms with Gasteiger partial charge in [-0.1, -0.05) is 6.07 Å². The molecule has 6 heteroatoms. The van der Waals surface area contributed by atoms with E-state index in [1.54, 1.807) is 10.6 Å². The van der Waals surface area contributed by atoms with E-state index in [0.717, 1.165) is 6.07 Å². The van der Waals surface area contributed by atoms with Crippen LogP contribution in [0.15, 0.2) is 18.2 Å². The van der Waals surface area contributed by atoms with Crippen LogP contribution in [0.2, 0.25) is 0 Å². The van der Waals surface area contributed by atoms with Crippen molar-refractivity contribution in [3.63, 3.8) is 0 Å². The highest BCUT2D eigenvalue weighted by Crippen LogP contribution is 2.35. The van der Waals surface area contributed by atoms with Gasteiger partial charge in [-0.05, 0) is 18.6 Å². The van der Waals surface area contributed by atoms with E-state index in [1.165, 1.54) is 6.07 Å². The Morgan fingerprint density at radius 2 is 2.11 bits per heavy atom. The van der Waals surface area contributed by atoms with Crippen molar-refractivity contribution < 1.29 is 18.3 Å². The standard InChI is InChI=1S/C12H11F3N2O/c13-12(14,15)8-2-1-3-9-11(8)16-10-6-7(18)4-5-17(9)10/h1-3,7,18H,4-6H2. The molecule has 96 valence electrons. The first-order chi connectivity index (χ1) is 8.47. The Kier molecular flexibility index (Phi) is 2.38. The SMILES string of the molecule is OC1CCn2c(nc3c(C(F)(F)F)cccc32)C1. The number of alkyl halides is 3. The zero-order valence-corrected chi connectivity index (χ0v) is 9.41. The van der Waals surface area contributed by atoms with E-state index in [9.17, 15) is 18.3 Å². The highest BCUT2D eigenvalue weighted by molar-refractivity contribution is 5.80. The molecular formula is C12H11F3N2O. The normalized spacial score (nSPS) is 20.1. The summed E-state index contributed by atoms with van der Waals surface area (Å²) in [5.74, 6) is 0.528. The number of nitrogens with zero attached hydrogens (tertiary/aromatic N) is 2. The molecule has 3 rings (SSSR count). The van der Waals surface area contributed by atoms with Crippen molar-refractivity contribution in [2.24, 2.45) is 0 Å². The first-order valence-electron chi connectivity index (χ1n) is 5.70. The Labute approximate surface area is 101 Å². The van der Waals surface area contributed by atoms with Crippen LogP contribution in [-0.2, 0) is 19.1 Å². The first kappa shape index (κ1) is 11.5. The zero-order valence-electron chi connectivity index (χ0n) is 9.41. The van der Waals surface area contributed by atoms with Crippen molar-refractivity contribution in [1.82, 2.24) is 9.55 Å². The van der Waals surface area contributed by atoms with Gasteiger partial charge in [0.25, 0.3) is 0 Å². The molecule has 1 N–H and O–H groups in total. The highest BCUT2D eigenvalue weighted by Gasteiger charge is 2.34. The van der Waals surface area contributed by atoms with Gasteiger partial charge in [-0.2, -0.15) is 13.2 Å². The van der Waals surface area contributed by atoms with Gasteiger partial charge in [0.05, 0.1) is 17.2 Å². The van der Waals surface area contributed by atoms with Gasteiger partial charge in [-0.15, -0.1) is 0 Å². The number of benzene rings is 1. The smallest absolute Gasteiger partial charge is 0.393 e. The number of para-hydroxylation sites is 1. The van der Waals surface area contributed by atoms with Gasteiger partial charge in [0, 0.05) is 13.0 Å². The molecule has 1 unspecified atom stereocenters. The van der Waals surface area contributed by atoms with E-state index in [4.69, 9.17) is 0 Å². The Bertz CT molecular complexity index is 603. The number of aliphatic hydroxyl groups is 1. The van der Waals surface area contributed by atoms with Gasteiger partial charge in [-0.25, -0.2) is 4.98 Å². The third-order valence-electron chi connectivity index (χ3n) is 3.27. The predicted molar refractivity (Wildman–Crippen MR) is 59.1 cm³/mol. The molecule has 1 aliphatic rings. The predicted octanol–water partition coefficient (Wildman–Crippen LogP) is 2.36. The van der Waals surface area contributed by atoms with Crippen LogP contribution in [0, 0.1) is 0 Å². The van der Waals surface area contributed by atoms with Crippen LogP contribution in [0.4, 0.5) is 13.2 Å². The molecule has 1 aromatic heterocycles. The number of halogens is 3. The van der Waals surface area contributed by atoms with E-state index < -0.39 is 17.8 Å². The minimum atomic E-state index is -4.40. The third kappa shape index (κ3) is 1.68. The Balaban J connectivity index is 2.25. The van der Waals surface area contributed by atoms with Gasteiger partial charge >= 0.3 is 6.18 Å². The van der Waals surface area contributed by atoms with Crippen LogP contribution >= 0.6 is 0 Å². The van der Waals surface area contributed by atoms with Gasteiger partial charge in [-0.3, -0.25) is 0 Å². The van der Waals surface area contributed by atoms with Crippen LogP contribution in [0.1, 0.15) is 17.8 Å². The van der Waals surface area contributed by atoms with Crippen LogP contribution in [-0.4, -0.2) is 20.8 Å². The minimum absolute atomic E-state index is 0.0194. The zero-order chi connectivity index (χ0) is 12.9. The maximum Gasteiger partial charge on any atom is 0.418 e. The molecule has 1 atom stereocenters. The van der Waals surface area contributed by atoms with Gasteiger partial charge < -0.3 is 9.67 Å². The fourth-order valence-corrected chi connectivity index (χ4v) is 2.42. The molecule has 1 aliphatic heterocycles. The van der Waals surface area contributed by atoms with Crippen molar-refractivity contribution in [3.8, 4) is 0 Å². The molecule has 3 nitrogen and oxygen atoms in total. The molecule has 0 saturated heterocycles. The van der Waals surface area contributed by atoms with Crippen LogP contribution in [0.5, 0.6) is 0 Å². The lowest BCUT2D eigenvalue weighted by molar-refractivity contribution is -0.136. The summed E-state index contributed by atoms with van der Waals surface area (Å²) in [7, 11) is 0. The number of aliphatic hydroxyl groups excluding tert-OH is 1. The average molecular weight is 256 g/mol. The average Bonchev–Trinajstić information content (AvgIpc) is 2.64. The van der Waals surface area contributed by atoms with Crippen LogP contribution in [0.3, 0.4) is 0 Å². The minimum Gasteiger partial charge on any atom is -0.393 e. The monoisotopic (exact) mass is 256 g/mol. The molecule has 18 heavy (non-hydrogen) atoms. The molecular weight excluding hydrogens is 245 g/mol. The molecule has 0 amide bonds. The number of aromatic nitrogens is 2. The van der Waals surface area contributed by atoms with Gasteiger partial charge in [0.15, 0.2) is 0 Å². The second-order valence-corrected chi connectivity index (χ2v) is 4.50. The highest BCUT2D eigenvalue weighted by atomic mass is 19.4. The lowest BCUT2D eigenvalue weighted by Crippen LogP contribution is -2.23. The number of hydrogen-bond acceptors (Lipinski definition) is 2. The Hall–Kier alpha value is -1.56. The van der Waals surface area contributed by atoms with Crippen molar-refractivity contribution >= 4 is 11.0 Å².